The van der Waals surface area contributed by atoms with Crippen molar-refractivity contribution < 1.29 is 4.79 Å². The minimum absolute atomic E-state index is 0.117. The largest absolute Gasteiger partial charge is 0.340 e. The van der Waals surface area contributed by atoms with Gasteiger partial charge in [0.25, 0.3) is 0 Å². The summed E-state index contributed by atoms with van der Waals surface area (Å²) in [4.78, 5) is 21.3. The second-order valence-corrected chi connectivity index (χ2v) is 7.41. The molecular formula is C19H26ClN5O. The predicted molar refractivity (Wildman–Crippen MR) is 102 cm³/mol. The van der Waals surface area contributed by atoms with E-state index >= 15 is 0 Å². The molecular weight excluding hydrogens is 350 g/mol. The molecule has 1 saturated heterocycles. The Labute approximate surface area is 159 Å². The molecule has 0 aromatic carbocycles. The van der Waals surface area contributed by atoms with Crippen LogP contribution in [-0.2, 0) is 17.9 Å². The molecule has 2 aromatic rings. The average Bonchev–Trinajstić information content (AvgIpc) is 2.89. The van der Waals surface area contributed by atoms with Gasteiger partial charge < -0.3 is 4.90 Å². The molecule has 1 atom stereocenters. The number of amides is 1. The van der Waals surface area contributed by atoms with Gasteiger partial charge in [-0.25, -0.2) is 0 Å². The van der Waals surface area contributed by atoms with E-state index in [-0.39, 0.29) is 11.8 Å². The Balaban J connectivity index is 1.52. The van der Waals surface area contributed by atoms with Crippen molar-refractivity contribution in [3.8, 4) is 0 Å². The van der Waals surface area contributed by atoms with E-state index in [2.05, 4.69) is 21.0 Å². The van der Waals surface area contributed by atoms with E-state index in [0.717, 1.165) is 44.1 Å². The van der Waals surface area contributed by atoms with Crippen molar-refractivity contribution in [3.63, 3.8) is 0 Å². The maximum atomic E-state index is 12.8. The van der Waals surface area contributed by atoms with Crippen molar-refractivity contribution in [2.24, 2.45) is 5.92 Å². The van der Waals surface area contributed by atoms with Gasteiger partial charge in [-0.05, 0) is 25.5 Å². The molecule has 0 spiro atoms. The quantitative estimate of drug-likeness (QED) is 0.805. The number of nitrogens with zero attached hydrogens (tertiary/aromatic N) is 5. The number of hydrogen-bond donors (Lipinski definition) is 0. The minimum Gasteiger partial charge on any atom is -0.340 e. The van der Waals surface area contributed by atoms with Crippen LogP contribution in [0.25, 0.3) is 0 Å². The van der Waals surface area contributed by atoms with Crippen molar-refractivity contribution >= 4 is 17.5 Å². The van der Waals surface area contributed by atoms with Gasteiger partial charge in [0, 0.05) is 45.1 Å². The van der Waals surface area contributed by atoms with Gasteiger partial charge in [-0.2, -0.15) is 5.10 Å². The molecule has 0 aliphatic carbocycles. The lowest BCUT2D eigenvalue weighted by molar-refractivity contribution is -0.137. The molecule has 1 aliphatic heterocycles. The number of aryl methyl sites for hydroxylation is 1. The van der Waals surface area contributed by atoms with Crippen molar-refractivity contribution in [2.45, 2.75) is 33.9 Å². The molecule has 140 valence electrons. The lowest BCUT2D eigenvalue weighted by atomic mass is 10.1. The maximum Gasteiger partial charge on any atom is 0.227 e. The number of rotatable bonds is 5. The Hall–Kier alpha value is -1.92. The third kappa shape index (κ3) is 4.24. The summed E-state index contributed by atoms with van der Waals surface area (Å²) in [5.74, 6) is 0.0728. The fourth-order valence-electron chi connectivity index (χ4n) is 3.38. The molecule has 0 bridgehead atoms. The van der Waals surface area contributed by atoms with Gasteiger partial charge in [0.05, 0.1) is 28.9 Å². The van der Waals surface area contributed by atoms with E-state index < -0.39 is 0 Å². The summed E-state index contributed by atoms with van der Waals surface area (Å²) in [7, 11) is 0. The van der Waals surface area contributed by atoms with Crippen LogP contribution >= 0.6 is 11.6 Å². The highest BCUT2D eigenvalue weighted by atomic mass is 35.5. The molecule has 0 saturated carbocycles. The Kier molecular flexibility index (Phi) is 5.94. The van der Waals surface area contributed by atoms with Gasteiger partial charge in [-0.15, -0.1) is 0 Å². The van der Waals surface area contributed by atoms with Gasteiger partial charge in [-0.1, -0.05) is 24.6 Å². The average molecular weight is 376 g/mol. The van der Waals surface area contributed by atoms with E-state index in [1.807, 2.05) is 42.6 Å². The summed E-state index contributed by atoms with van der Waals surface area (Å²) in [6.07, 6.45) is 3.69. The summed E-state index contributed by atoms with van der Waals surface area (Å²) < 4.78 is 1.85. The first-order valence-corrected chi connectivity index (χ1v) is 9.43. The Bertz CT molecular complexity index is 753. The van der Waals surface area contributed by atoms with E-state index in [4.69, 9.17) is 11.6 Å². The zero-order valence-electron chi connectivity index (χ0n) is 15.7. The first-order chi connectivity index (χ1) is 12.5. The van der Waals surface area contributed by atoms with E-state index in [1.54, 1.807) is 6.20 Å². The molecule has 1 unspecified atom stereocenters. The number of hydrogen-bond acceptors (Lipinski definition) is 4. The number of piperazine rings is 1. The minimum atomic E-state index is -0.117. The summed E-state index contributed by atoms with van der Waals surface area (Å²) in [5.41, 5.74) is 2.94. The summed E-state index contributed by atoms with van der Waals surface area (Å²) >= 11 is 6.20. The summed E-state index contributed by atoms with van der Waals surface area (Å²) in [6.45, 7) is 10.6. The zero-order chi connectivity index (χ0) is 18.7. The molecule has 6 nitrogen and oxygen atoms in total. The fraction of sp³-hybridized carbons (Fsp3) is 0.526. The highest BCUT2D eigenvalue weighted by Crippen LogP contribution is 2.20. The van der Waals surface area contributed by atoms with Gasteiger partial charge in [0.2, 0.25) is 5.91 Å². The van der Waals surface area contributed by atoms with Crippen LogP contribution in [0.15, 0.2) is 24.5 Å². The summed E-state index contributed by atoms with van der Waals surface area (Å²) in [5, 5.41) is 5.12. The van der Waals surface area contributed by atoms with Crippen LogP contribution in [-0.4, -0.2) is 56.7 Å². The van der Waals surface area contributed by atoms with E-state index in [0.29, 0.717) is 11.6 Å². The normalized spacial score (nSPS) is 16.7. The van der Waals surface area contributed by atoms with Crippen LogP contribution in [0.4, 0.5) is 0 Å². The molecule has 1 fully saturated rings. The fourth-order valence-corrected chi connectivity index (χ4v) is 3.51. The zero-order valence-corrected chi connectivity index (χ0v) is 16.4. The van der Waals surface area contributed by atoms with Crippen LogP contribution in [0, 0.1) is 19.8 Å². The highest BCUT2D eigenvalue weighted by Gasteiger charge is 2.26. The second-order valence-electron chi connectivity index (χ2n) is 7.03. The molecule has 7 heteroatoms. The SMILES string of the molecule is Cc1nn(CC(C)C(=O)N2CCN(Cc3cccnc3)CC2)c(C)c1Cl. The number of aromatic nitrogens is 3. The molecule has 3 heterocycles. The van der Waals surface area contributed by atoms with Gasteiger partial charge in [-0.3, -0.25) is 19.4 Å². The van der Waals surface area contributed by atoms with Crippen molar-refractivity contribution in [1.29, 1.82) is 0 Å². The molecule has 3 rings (SSSR count). The molecule has 2 aromatic heterocycles. The molecule has 0 N–H and O–H groups in total. The van der Waals surface area contributed by atoms with Gasteiger partial charge in [0.15, 0.2) is 0 Å². The van der Waals surface area contributed by atoms with Crippen molar-refractivity contribution in [2.75, 3.05) is 26.2 Å². The summed E-state index contributed by atoms with van der Waals surface area (Å²) in [6, 6.07) is 4.05. The van der Waals surface area contributed by atoms with Crippen molar-refractivity contribution in [1.82, 2.24) is 24.6 Å². The number of carbonyl (C=O) groups is 1. The Morgan fingerprint density at radius 3 is 2.58 bits per heavy atom. The lowest BCUT2D eigenvalue weighted by Gasteiger charge is -2.36. The van der Waals surface area contributed by atoms with Crippen LogP contribution < -0.4 is 0 Å². The monoisotopic (exact) mass is 375 g/mol. The first kappa shape index (κ1) is 18.9. The van der Waals surface area contributed by atoms with Crippen LogP contribution in [0.5, 0.6) is 0 Å². The Morgan fingerprint density at radius 1 is 1.27 bits per heavy atom. The van der Waals surface area contributed by atoms with Crippen LogP contribution in [0.2, 0.25) is 5.02 Å². The molecule has 26 heavy (non-hydrogen) atoms. The lowest BCUT2D eigenvalue weighted by Crippen LogP contribution is -2.50. The molecule has 1 amide bonds. The number of carbonyl (C=O) groups excluding carboxylic acids is 1. The van der Waals surface area contributed by atoms with Crippen LogP contribution in [0.3, 0.4) is 0 Å². The molecule has 0 radical (unpaired) electrons. The van der Waals surface area contributed by atoms with Gasteiger partial charge >= 0.3 is 0 Å². The van der Waals surface area contributed by atoms with Gasteiger partial charge in [0.1, 0.15) is 0 Å². The highest BCUT2D eigenvalue weighted by molar-refractivity contribution is 6.31. The Morgan fingerprint density at radius 2 is 2.00 bits per heavy atom. The number of halogens is 1. The second kappa shape index (κ2) is 8.18. The smallest absolute Gasteiger partial charge is 0.227 e. The molecule has 1 aliphatic rings. The third-order valence-electron chi connectivity index (χ3n) is 4.97. The van der Waals surface area contributed by atoms with E-state index in [9.17, 15) is 4.79 Å². The number of pyridine rings is 1. The van der Waals surface area contributed by atoms with Crippen molar-refractivity contribution in [3.05, 3.63) is 46.5 Å². The first-order valence-electron chi connectivity index (χ1n) is 9.05. The maximum absolute atomic E-state index is 12.8. The van der Waals surface area contributed by atoms with Crippen LogP contribution in [0.1, 0.15) is 23.9 Å². The topological polar surface area (TPSA) is 54.3 Å². The van der Waals surface area contributed by atoms with E-state index in [1.165, 1.54) is 5.56 Å². The standard InChI is InChI=1S/C19H26ClN5O/c1-14(12-25-16(3)18(20)15(2)22-25)19(26)24-9-7-23(8-10-24)13-17-5-4-6-21-11-17/h4-6,11,14H,7-10,12-13H2,1-3H3. The predicted octanol–water partition coefficient (Wildman–Crippen LogP) is 2.53. The third-order valence-corrected chi connectivity index (χ3v) is 5.52.